The molecule has 4 rings (SSSR count). The Morgan fingerprint density at radius 1 is 1.55 bits per heavy atom. The summed E-state index contributed by atoms with van der Waals surface area (Å²) in [4.78, 5) is 0.496. The van der Waals surface area contributed by atoms with Crippen LogP contribution in [0, 0.1) is 5.89 Å². The van der Waals surface area contributed by atoms with Gasteiger partial charge in [0, 0.05) is 29.3 Å². The third kappa shape index (κ3) is 1.60. The predicted octanol–water partition coefficient (Wildman–Crippen LogP) is 3.38. The molecule has 2 heteroatoms. The molecule has 0 unspecified atom stereocenters. The van der Waals surface area contributed by atoms with E-state index in [0.717, 1.165) is 7.11 Å². The van der Waals surface area contributed by atoms with Crippen LogP contribution in [-0.4, -0.2) is 31.5 Å². The monoisotopic (exact) mass is 287 g/mol. The number of likely N-dealkylation sites (N-methyl/N-ethyl adjacent to an activating group) is 1. The van der Waals surface area contributed by atoms with E-state index in [1.54, 1.807) is 0 Å². The van der Waals surface area contributed by atoms with E-state index in [4.69, 9.17) is 23.9 Å². The SMILES string of the molecule is [2H]c1c([2H])c(OC)c([2H])c2c1C[C@]1([2H])N(C([2H])([2H])[2H])CC[C@]23C([2H])([2H])C([2H])([2H])C([2H])([2H])C([2H])([2H])[C@]13[2H]. The number of ether oxygens (including phenoxy) is 1. The van der Waals surface area contributed by atoms with Gasteiger partial charge in [-0.25, -0.2) is 0 Å². The van der Waals surface area contributed by atoms with Crippen molar-refractivity contribution in [2.24, 2.45) is 5.89 Å². The number of nitrogens with zero attached hydrogens (tertiary/aromatic N) is 1. The summed E-state index contributed by atoms with van der Waals surface area (Å²) in [6, 6.07) is -4.90. The second-order valence-electron chi connectivity index (χ2n) is 5.07. The summed E-state index contributed by atoms with van der Waals surface area (Å²) in [5.41, 5.74) is -3.67. The number of hydrogen-bond donors (Lipinski definition) is 0. The molecule has 2 aliphatic carbocycles. The van der Waals surface area contributed by atoms with E-state index in [0.29, 0.717) is 4.90 Å². The van der Waals surface area contributed by atoms with Crippen molar-refractivity contribution in [3.63, 3.8) is 0 Å². The molecule has 1 saturated carbocycles. The molecule has 0 aromatic heterocycles. The van der Waals surface area contributed by atoms with Gasteiger partial charge in [-0.1, -0.05) is 18.8 Å². The molecule has 0 N–H and O–H groups in total. The van der Waals surface area contributed by atoms with Crippen molar-refractivity contribution in [3.8, 4) is 5.75 Å². The Hall–Kier alpha value is -1.02. The molecule has 1 saturated heterocycles. The molecule has 0 amide bonds. The van der Waals surface area contributed by atoms with Crippen LogP contribution in [0.2, 0.25) is 0 Å². The van der Waals surface area contributed by atoms with Crippen LogP contribution in [0.4, 0.5) is 0 Å². The third-order valence-corrected chi connectivity index (χ3v) is 4.12. The van der Waals surface area contributed by atoms with Gasteiger partial charge < -0.3 is 9.64 Å². The average Bonchev–Trinajstić information content (AvgIpc) is 2.71. The van der Waals surface area contributed by atoms with E-state index < -0.39 is 98.6 Å². The number of rotatable bonds is 1. The van der Waals surface area contributed by atoms with Gasteiger partial charge in [0.1, 0.15) is 5.75 Å². The van der Waals surface area contributed by atoms with Crippen molar-refractivity contribution in [2.75, 3.05) is 20.6 Å². The minimum absolute atomic E-state index is 0.351. The van der Waals surface area contributed by atoms with Gasteiger partial charge in [0.05, 0.1) is 11.2 Å². The molecule has 0 spiro atoms. The van der Waals surface area contributed by atoms with E-state index in [-0.39, 0.29) is 5.56 Å². The number of fused-ring (bicyclic) bond motifs is 1. The standard InChI is InChI=1S/C18H25NO/c1-19-10-9-18-8-4-3-5-15(18)17(19)11-13-6-7-14(20-2)12-16(13)18/h6-7,12,15,17H,3-5,8-11H2,1-2H3/t15-,17+,18+/m1/s1/i1D3,3D2,4D2,5D2,6D,7D,8D2,12D,15D,17D. The van der Waals surface area contributed by atoms with Gasteiger partial charge in [-0.05, 0) is 68.2 Å². The summed E-state index contributed by atoms with van der Waals surface area (Å²) < 4.78 is 143. The number of benzene rings is 1. The summed E-state index contributed by atoms with van der Waals surface area (Å²) in [7, 11) is 1.09. The Balaban J connectivity index is 2.33. The lowest BCUT2D eigenvalue weighted by molar-refractivity contribution is 0.00274. The molecule has 2 fully saturated rings. The van der Waals surface area contributed by atoms with Gasteiger partial charge in [-0.15, -0.1) is 0 Å². The summed E-state index contributed by atoms with van der Waals surface area (Å²) in [6.07, 6.45) is -16.2. The highest BCUT2D eigenvalue weighted by atomic mass is 16.5. The van der Waals surface area contributed by atoms with Gasteiger partial charge in [0.2, 0.25) is 0 Å². The zero-order valence-corrected chi connectivity index (χ0v) is 11.0. The lowest BCUT2D eigenvalue weighted by Gasteiger charge is -2.58. The van der Waals surface area contributed by atoms with Crippen molar-refractivity contribution in [1.29, 1.82) is 0 Å². The average molecular weight is 288 g/mol. The highest BCUT2D eigenvalue weighted by Gasteiger charge is 2.53. The molecule has 3 atom stereocenters. The largest absolute Gasteiger partial charge is 0.497 e. The van der Waals surface area contributed by atoms with Crippen LogP contribution < -0.4 is 4.74 Å². The van der Waals surface area contributed by atoms with Gasteiger partial charge in [0.25, 0.3) is 0 Å². The maximum absolute atomic E-state index is 9.53. The molecule has 0 radical (unpaired) electrons. The van der Waals surface area contributed by atoms with E-state index in [1.807, 2.05) is 0 Å². The van der Waals surface area contributed by atoms with Crippen LogP contribution in [0.5, 0.6) is 5.75 Å². The van der Waals surface area contributed by atoms with Crippen molar-refractivity contribution >= 4 is 0 Å². The first-order chi connectivity index (χ1) is 16.0. The molecule has 1 aromatic rings. The maximum atomic E-state index is 9.53. The summed E-state index contributed by atoms with van der Waals surface area (Å²) in [5.74, 6) is -3.83. The third-order valence-electron chi connectivity index (χ3n) is 4.12. The minimum atomic E-state index is -3.72. The van der Waals surface area contributed by atoms with Crippen molar-refractivity contribution < 1.29 is 26.7 Å². The molecule has 2 nitrogen and oxygen atoms in total. The van der Waals surface area contributed by atoms with Crippen molar-refractivity contribution in [2.45, 2.75) is 49.8 Å². The minimum Gasteiger partial charge on any atom is -0.497 e. The fourth-order valence-corrected chi connectivity index (χ4v) is 3.13. The molecule has 1 aromatic carbocycles. The first kappa shape index (κ1) is 4.25. The highest BCUT2D eigenvalue weighted by Crippen LogP contribution is 2.55. The Kier molecular flexibility index (Phi) is 0.955. The molecular formula is C18H25NO. The van der Waals surface area contributed by atoms with E-state index in [1.165, 1.54) is 0 Å². The van der Waals surface area contributed by atoms with Gasteiger partial charge >= 0.3 is 0 Å². The topological polar surface area (TPSA) is 12.5 Å². The number of hydrogen-bond acceptors (Lipinski definition) is 2. The zero-order valence-electron chi connectivity index (χ0n) is 27.0. The predicted molar refractivity (Wildman–Crippen MR) is 81.4 cm³/mol. The number of piperidine rings is 1. The first-order valence-electron chi connectivity index (χ1n) is 14.4. The Labute approximate surface area is 144 Å². The van der Waals surface area contributed by atoms with Crippen LogP contribution in [0.1, 0.15) is 65.0 Å². The van der Waals surface area contributed by atoms with Crippen LogP contribution >= 0.6 is 0 Å². The van der Waals surface area contributed by atoms with Gasteiger partial charge in [-0.3, -0.25) is 0 Å². The van der Waals surface area contributed by atoms with Gasteiger partial charge in [0.15, 0.2) is 0 Å². The lowest BCUT2D eigenvalue weighted by atomic mass is 9.52. The second-order valence-corrected chi connectivity index (χ2v) is 5.07. The Morgan fingerprint density at radius 2 is 2.50 bits per heavy atom. The molecule has 1 heterocycles. The van der Waals surface area contributed by atoms with Crippen LogP contribution in [0.3, 0.4) is 0 Å². The van der Waals surface area contributed by atoms with Crippen molar-refractivity contribution in [1.82, 2.24) is 4.90 Å². The Bertz CT molecular complexity index is 1150. The molecule has 108 valence electrons. The molecule has 20 heavy (non-hydrogen) atoms. The smallest absolute Gasteiger partial charge is 0.119 e. The Morgan fingerprint density at radius 3 is 3.35 bits per heavy atom. The zero-order chi connectivity index (χ0) is 27.9. The fourth-order valence-electron chi connectivity index (χ4n) is 3.13. The van der Waals surface area contributed by atoms with Crippen molar-refractivity contribution in [3.05, 3.63) is 29.3 Å². The lowest BCUT2D eigenvalue weighted by Crippen LogP contribution is -2.59. The fraction of sp³-hybridized carbons (Fsp3) is 0.667. The van der Waals surface area contributed by atoms with Gasteiger partial charge in [-0.2, -0.15) is 0 Å². The van der Waals surface area contributed by atoms with E-state index in [2.05, 4.69) is 0 Å². The second kappa shape index (κ2) is 4.49. The normalized spacial score (nSPS) is 65.8. The molecule has 2 bridgehead atoms. The first-order valence-corrected chi connectivity index (χ1v) is 6.44. The molecule has 3 aliphatic rings. The quantitative estimate of drug-likeness (QED) is 0.785. The highest BCUT2D eigenvalue weighted by molar-refractivity contribution is 5.45. The van der Waals surface area contributed by atoms with E-state index in [9.17, 15) is 2.74 Å². The molecular weight excluding hydrogens is 246 g/mol. The maximum Gasteiger partial charge on any atom is 0.119 e. The van der Waals surface area contributed by atoms with E-state index >= 15 is 0 Å². The van der Waals surface area contributed by atoms with Crippen LogP contribution in [0.25, 0.3) is 0 Å². The summed E-state index contributed by atoms with van der Waals surface area (Å²) in [5, 5.41) is 0. The number of likely N-dealkylation sites (tertiary alicyclic amines) is 1. The molecule has 1 aliphatic heterocycles. The summed E-state index contributed by atoms with van der Waals surface area (Å²) >= 11 is 0. The summed E-state index contributed by atoms with van der Waals surface area (Å²) in [6.45, 7) is -3.74. The number of methoxy groups -OCH3 is 1. The van der Waals surface area contributed by atoms with Crippen LogP contribution in [-0.2, 0) is 11.8 Å². The van der Waals surface area contributed by atoms with Crippen LogP contribution in [0.15, 0.2) is 18.1 Å².